The van der Waals surface area contributed by atoms with Crippen molar-refractivity contribution in [3.05, 3.63) is 57.6 Å². The molecule has 1 N–H and O–H groups in total. The number of hydrogen-bond acceptors (Lipinski definition) is 7. The first-order valence-electron chi connectivity index (χ1n) is 11.2. The molecular formula is C24H22N4O6. The molecule has 4 aliphatic heterocycles. The van der Waals surface area contributed by atoms with Crippen molar-refractivity contribution in [2.45, 2.75) is 31.3 Å². The lowest BCUT2D eigenvalue weighted by Crippen LogP contribution is -2.54. The molecule has 10 nitrogen and oxygen atoms in total. The number of nitro benzene ring substituents is 1. The van der Waals surface area contributed by atoms with E-state index < -0.39 is 34.1 Å². The first-order valence-corrected chi connectivity index (χ1v) is 11.2. The van der Waals surface area contributed by atoms with Crippen molar-refractivity contribution < 1.29 is 24.0 Å². The third-order valence-corrected chi connectivity index (χ3v) is 7.85. The summed E-state index contributed by atoms with van der Waals surface area (Å²) in [7, 11) is 1.53. The van der Waals surface area contributed by atoms with E-state index in [1.165, 1.54) is 19.2 Å². The minimum absolute atomic E-state index is 0.158. The lowest BCUT2D eigenvalue weighted by molar-refractivity contribution is -0.385. The Balaban J connectivity index is 1.53. The van der Waals surface area contributed by atoms with E-state index in [0.29, 0.717) is 35.5 Å². The monoisotopic (exact) mass is 462 g/mol. The van der Waals surface area contributed by atoms with Crippen LogP contribution in [-0.2, 0) is 19.9 Å². The molecule has 0 bridgehead atoms. The fourth-order valence-corrected chi connectivity index (χ4v) is 6.50. The maximum absolute atomic E-state index is 14.0. The van der Waals surface area contributed by atoms with E-state index in [2.05, 4.69) is 5.32 Å². The molecule has 0 saturated carbocycles. The van der Waals surface area contributed by atoms with Gasteiger partial charge in [0, 0.05) is 28.9 Å². The van der Waals surface area contributed by atoms with Crippen LogP contribution in [0.4, 0.5) is 17.1 Å². The van der Waals surface area contributed by atoms with Crippen LogP contribution in [0.3, 0.4) is 0 Å². The van der Waals surface area contributed by atoms with Gasteiger partial charge < -0.3 is 10.1 Å². The number of fused-ring (bicyclic) bond motifs is 7. The highest BCUT2D eigenvalue weighted by Gasteiger charge is 2.74. The largest absolute Gasteiger partial charge is 0.497 e. The summed E-state index contributed by atoms with van der Waals surface area (Å²) in [5.74, 6) is -2.33. The Morgan fingerprint density at radius 3 is 2.68 bits per heavy atom. The van der Waals surface area contributed by atoms with Crippen LogP contribution < -0.4 is 15.0 Å². The van der Waals surface area contributed by atoms with Crippen LogP contribution in [0, 0.1) is 28.9 Å². The summed E-state index contributed by atoms with van der Waals surface area (Å²) in [6.07, 6.45) is 1.50. The highest BCUT2D eigenvalue weighted by Crippen LogP contribution is 2.61. The molecule has 6 rings (SSSR count). The van der Waals surface area contributed by atoms with E-state index in [1.54, 1.807) is 31.2 Å². The van der Waals surface area contributed by atoms with Gasteiger partial charge in [-0.3, -0.25) is 29.4 Å². The van der Waals surface area contributed by atoms with Gasteiger partial charge in [0.1, 0.15) is 11.3 Å². The van der Waals surface area contributed by atoms with Crippen LogP contribution in [0.5, 0.6) is 5.75 Å². The zero-order chi connectivity index (χ0) is 23.9. The fraction of sp³-hybridized carbons (Fsp3) is 0.375. The number of hydrogen-bond donors (Lipinski definition) is 1. The molecule has 0 unspecified atom stereocenters. The second kappa shape index (κ2) is 6.86. The van der Waals surface area contributed by atoms with Crippen molar-refractivity contribution in [3.8, 4) is 5.75 Å². The maximum atomic E-state index is 14.0. The van der Waals surface area contributed by atoms with Crippen molar-refractivity contribution in [2.24, 2.45) is 11.8 Å². The Hall–Kier alpha value is -3.79. The van der Waals surface area contributed by atoms with Crippen LogP contribution in [0.15, 0.2) is 36.4 Å². The van der Waals surface area contributed by atoms with Gasteiger partial charge in [-0.2, -0.15) is 0 Å². The standard InChI is InChI=1S/C24H22N4O6/c1-12-5-6-13(10-18(12)28(32)33)27-21(29)19-17-4-3-9-26(17)24(20(19)22(27)30)15-11-14(34-2)7-8-16(15)25-23(24)31/h5-8,10-11,17,19-20H,3-4,9H2,1-2H3,(H,25,31)/t17-,19-,20+,24-/m1/s1. The molecule has 2 aromatic rings. The molecule has 1 spiro atoms. The zero-order valence-electron chi connectivity index (χ0n) is 18.6. The SMILES string of the molecule is COc1ccc2c(c1)[C@]1(C(=O)N2)[C@@H]2C(=O)N(c3ccc(C)c([N+](=O)[O-])c3)C(=O)[C@@H]2[C@H]2CCCN21. The minimum atomic E-state index is -1.33. The summed E-state index contributed by atoms with van der Waals surface area (Å²) in [6.45, 7) is 2.20. The molecule has 10 heteroatoms. The Morgan fingerprint density at radius 1 is 1.15 bits per heavy atom. The van der Waals surface area contributed by atoms with E-state index >= 15 is 0 Å². The molecule has 2 aromatic carbocycles. The van der Waals surface area contributed by atoms with Crippen LogP contribution in [0.25, 0.3) is 0 Å². The van der Waals surface area contributed by atoms with Crippen LogP contribution in [0.2, 0.25) is 0 Å². The van der Waals surface area contributed by atoms with Gasteiger partial charge in [0.05, 0.1) is 29.6 Å². The molecule has 174 valence electrons. The first-order chi connectivity index (χ1) is 16.3. The Labute approximate surface area is 194 Å². The number of ether oxygens (including phenoxy) is 1. The van der Waals surface area contributed by atoms with Crippen LogP contribution >= 0.6 is 0 Å². The maximum Gasteiger partial charge on any atom is 0.274 e. The Bertz CT molecular complexity index is 1310. The van der Waals surface area contributed by atoms with Crippen molar-refractivity contribution in [3.63, 3.8) is 0 Å². The number of carbonyl (C=O) groups excluding carboxylic acids is 3. The highest BCUT2D eigenvalue weighted by molar-refractivity contribution is 6.26. The summed E-state index contributed by atoms with van der Waals surface area (Å²) in [5, 5.41) is 14.4. The van der Waals surface area contributed by atoms with Crippen LogP contribution in [-0.4, -0.2) is 47.2 Å². The Kier molecular flexibility index (Phi) is 4.20. The summed E-state index contributed by atoms with van der Waals surface area (Å²) >= 11 is 0. The number of imide groups is 1. The van der Waals surface area contributed by atoms with Crippen molar-refractivity contribution in [1.29, 1.82) is 0 Å². The molecule has 3 saturated heterocycles. The molecule has 0 aromatic heterocycles. The fourth-order valence-electron chi connectivity index (χ4n) is 6.50. The first kappa shape index (κ1) is 20.8. The number of nitrogens with one attached hydrogen (secondary N) is 1. The van der Waals surface area contributed by atoms with Gasteiger partial charge in [-0.05, 0) is 50.6 Å². The van der Waals surface area contributed by atoms with Gasteiger partial charge in [-0.25, -0.2) is 4.90 Å². The molecular weight excluding hydrogens is 440 g/mol. The van der Waals surface area contributed by atoms with Crippen LogP contribution in [0.1, 0.15) is 24.0 Å². The van der Waals surface area contributed by atoms with Gasteiger partial charge in [0.2, 0.25) is 17.7 Å². The third-order valence-electron chi connectivity index (χ3n) is 7.85. The molecule has 3 fully saturated rings. The topological polar surface area (TPSA) is 122 Å². The van der Waals surface area contributed by atoms with Gasteiger partial charge >= 0.3 is 0 Å². The minimum Gasteiger partial charge on any atom is -0.497 e. The number of methoxy groups -OCH3 is 1. The molecule has 3 amide bonds. The number of amides is 3. The average molecular weight is 462 g/mol. The summed E-state index contributed by atoms with van der Waals surface area (Å²) in [4.78, 5) is 55.4. The number of rotatable bonds is 3. The molecule has 4 heterocycles. The second-order valence-corrected chi connectivity index (χ2v) is 9.28. The van der Waals surface area contributed by atoms with Crippen molar-refractivity contribution >= 4 is 34.8 Å². The number of benzene rings is 2. The summed E-state index contributed by atoms with van der Waals surface area (Å²) in [6, 6.07) is 9.33. The third kappa shape index (κ3) is 2.35. The average Bonchev–Trinajstić information content (AvgIpc) is 3.52. The highest BCUT2D eigenvalue weighted by atomic mass is 16.6. The predicted molar refractivity (Wildman–Crippen MR) is 120 cm³/mol. The normalized spacial score (nSPS) is 29.4. The predicted octanol–water partition coefficient (Wildman–Crippen LogP) is 2.34. The van der Waals surface area contributed by atoms with E-state index in [1.807, 2.05) is 4.90 Å². The lowest BCUT2D eigenvalue weighted by Gasteiger charge is -2.36. The second-order valence-electron chi connectivity index (χ2n) is 9.28. The zero-order valence-corrected chi connectivity index (χ0v) is 18.6. The quantitative estimate of drug-likeness (QED) is 0.422. The summed E-state index contributed by atoms with van der Waals surface area (Å²) in [5.41, 5.74) is 0.332. The van der Waals surface area contributed by atoms with Gasteiger partial charge in [0.15, 0.2) is 0 Å². The molecule has 4 aliphatic rings. The number of carbonyl (C=O) groups is 3. The van der Waals surface area contributed by atoms with E-state index in [0.717, 1.165) is 11.3 Å². The molecule has 0 aliphatic carbocycles. The summed E-state index contributed by atoms with van der Waals surface area (Å²) < 4.78 is 5.40. The molecule has 0 radical (unpaired) electrons. The van der Waals surface area contributed by atoms with Gasteiger partial charge in [0.25, 0.3) is 5.69 Å². The van der Waals surface area contributed by atoms with Gasteiger partial charge in [-0.15, -0.1) is 0 Å². The Morgan fingerprint density at radius 2 is 1.94 bits per heavy atom. The number of anilines is 2. The van der Waals surface area contributed by atoms with E-state index in [-0.39, 0.29) is 23.3 Å². The number of nitro groups is 1. The molecule has 4 atom stereocenters. The van der Waals surface area contributed by atoms with E-state index in [4.69, 9.17) is 4.74 Å². The van der Waals surface area contributed by atoms with Crippen molar-refractivity contribution in [1.82, 2.24) is 4.90 Å². The van der Waals surface area contributed by atoms with E-state index in [9.17, 15) is 24.5 Å². The van der Waals surface area contributed by atoms with Crippen molar-refractivity contribution in [2.75, 3.05) is 23.9 Å². The van der Waals surface area contributed by atoms with Gasteiger partial charge in [-0.1, -0.05) is 6.07 Å². The number of aryl methyl sites for hydroxylation is 1. The number of nitrogens with zero attached hydrogens (tertiary/aromatic N) is 3. The smallest absolute Gasteiger partial charge is 0.274 e. The molecule has 34 heavy (non-hydrogen) atoms. The lowest BCUT2D eigenvalue weighted by atomic mass is 9.75.